The minimum atomic E-state index is -0.232. The molecule has 3 heterocycles. The Kier molecular flexibility index (Phi) is 4.67. The number of hydrogen-bond acceptors (Lipinski definition) is 3. The quantitative estimate of drug-likeness (QED) is 0.841. The maximum absolute atomic E-state index is 13.9. The molecule has 1 atom stereocenters. The summed E-state index contributed by atoms with van der Waals surface area (Å²) in [6, 6.07) is 11.3. The van der Waals surface area contributed by atoms with Gasteiger partial charge in [-0.25, -0.2) is 4.39 Å². The zero-order valence-corrected chi connectivity index (χ0v) is 14.1. The highest BCUT2D eigenvalue weighted by Crippen LogP contribution is 2.27. The Bertz CT molecular complexity index is 678. The van der Waals surface area contributed by atoms with Gasteiger partial charge in [-0.2, -0.15) is 0 Å². The minimum Gasteiger partial charge on any atom is -0.460 e. The molecule has 0 saturated carbocycles. The van der Waals surface area contributed by atoms with Gasteiger partial charge in [0.05, 0.1) is 12.1 Å². The number of piperidine rings is 1. The summed E-state index contributed by atoms with van der Waals surface area (Å²) in [7, 11) is 0. The Labute approximate surface area is 143 Å². The van der Waals surface area contributed by atoms with Gasteiger partial charge < -0.3 is 4.42 Å². The van der Waals surface area contributed by atoms with Gasteiger partial charge in [-0.1, -0.05) is 18.6 Å². The lowest BCUT2D eigenvalue weighted by Crippen LogP contribution is -2.40. The number of rotatable bonds is 4. The van der Waals surface area contributed by atoms with Crippen molar-refractivity contribution < 1.29 is 8.81 Å². The smallest absolute Gasteiger partial charge is 0.137 e. The van der Waals surface area contributed by atoms with E-state index in [-0.39, 0.29) is 5.82 Å². The van der Waals surface area contributed by atoms with E-state index in [9.17, 15) is 4.39 Å². The van der Waals surface area contributed by atoms with Crippen LogP contribution in [-0.2, 0) is 6.54 Å². The van der Waals surface area contributed by atoms with E-state index < -0.39 is 0 Å². The highest BCUT2D eigenvalue weighted by Gasteiger charge is 2.28. The summed E-state index contributed by atoms with van der Waals surface area (Å²) >= 11 is 0. The van der Waals surface area contributed by atoms with Crippen LogP contribution in [0, 0.1) is 5.82 Å². The fourth-order valence-electron chi connectivity index (χ4n) is 4.03. The standard InChI is InChI=1S/C20H25FN2O/c21-19-7-3-2-6-18(19)20-9-8-17(24-20)15-22-13-10-16(14-22)23-11-4-1-5-12-23/h2-3,6-9,16H,1,4-5,10-15H2/t16-/m0/s1. The molecule has 2 aliphatic rings. The number of furan rings is 1. The Balaban J connectivity index is 1.37. The molecule has 0 aliphatic carbocycles. The Morgan fingerprint density at radius 2 is 1.83 bits per heavy atom. The Morgan fingerprint density at radius 3 is 2.67 bits per heavy atom. The first kappa shape index (κ1) is 15.9. The molecule has 4 heteroatoms. The van der Waals surface area contributed by atoms with Crippen LogP contribution >= 0.6 is 0 Å². The SMILES string of the molecule is Fc1ccccc1-c1ccc(CN2CC[C@H](N3CCCCC3)C2)o1. The van der Waals surface area contributed by atoms with E-state index in [1.165, 1.54) is 44.8 Å². The van der Waals surface area contributed by atoms with Gasteiger partial charge in [0, 0.05) is 19.1 Å². The molecule has 2 saturated heterocycles. The van der Waals surface area contributed by atoms with E-state index in [0.29, 0.717) is 17.4 Å². The van der Waals surface area contributed by atoms with Crippen molar-refractivity contribution in [2.45, 2.75) is 38.3 Å². The van der Waals surface area contributed by atoms with Crippen LogP contribution in [-0.4, -0.2) is 42.0 Å². The molecule has 24 heavy (non-hydrogen) atoms. The van der Waals surface area contributed by atoms with Gasteiger partial charge in [0.1, 0.15) is 17.3 Å². The summed E-state index contributed by atoms with van der Waals surface area (Å²) in [5.41, 5.74) is 0.538. The van der Waals surface area contributed by atoms with Crippen LogP contribution in [0.5, 0.6) is 0 Å². The normalized spacial score (nSPS) is 23.0. The van der Waals surface area contributed by atoms with Crippen molar-refractivity contribution >= 4 is 0 Å². The molecule has 1 aromatic carbocycles. The zero-order valence-electron chi connectivity index (χ0n) is 14.1. The third-order valence-electron chi connectivity index (χ3n) is 5.33. The van der Waals surface area contributed by atoms with E-state index in [1.807, 2.05) is 18.2 Å². The molecule has 0 radical (unpaired) electrons. The van der Waals surface area contributed by atoms with Gasteiger partial charge in [-0.15, -0.1) is 0 Å². The molecular weight excluding hydrogens is 303 g/mol. The van der Waals surface area contributed by atoms with Gasteiger partial charge in [0.25, 0.3) is 0 Å². The van der Waals surface area contributed by atoms with Gasteiger partial charge in [-0.3, -0.25) is 9.80 Å². The van der Waals surface area contributed by atoms with E-state index >= 15 is 0 Å². The number of nitrogens with zero attached hydrogens (tertiary/aromatic N) is 2. The molecule has 4 rings (SSSR count). The molecule has 2 aliphatic heterocycles. The molecule has 0 unspecified atom stereocenters. The van der Waals surface area contributed by atoms with E-state index in [0.717, 1.165) is 25.4 Å². The predicted octanol–water partition coefficient (Wildman–Crippen LogP) is 4.15. The van der Waals surface area contributed by atoms with Crippen LogP contribution in [0.2, 0.25) is 0 Å². The monoisotopic (exact) mass is 328 g/mol. The number of benzene rings is 1. The second-order valence-corrected chi connectivity index (χ2v) is 7.02. The van der Waals surface area contributed by atoms with Crippen molar-refractivity contribution in [3.05, 3.63) is 48.0 Å². The Morgan fingerprint density at radius 1 is 1.00 bits per heavy atom. The van der Waals surface area contributed by atoms with E-state index in [1.54, 1.807) is 12.1 Å². The zero-order chi connectivity index (χ0) is 16.4. The van der Waals surface area contributed by atoms with Gasteiger partial charge >= 0.3 is 0 Å². The molecule has 2 aromatic rings. The maximum Gasteiger partial charge on any atom is 0.137 e. The molecule has 128 valence electrons. The third kappa shape index (κ3) is 3.40. The molecule has 2 fully saturated rings. The van der Waals surface area contributed by atoms with Crippen molar-refractivity contribution in [2.24, 2.45) is 0 Å². The summed E-state index contributed by atoms with van der Waals surface area (Å²) in [6.07, 6.45) is 5.33. The number of halogens is 1. The van der Waals surface area contributed by atoms with Gasteiger partial charge in [0.15, 0.2) is 0 Å². The van der Waals surface area contributed by atoms with Crippen molar-refractivity contribution in [1.82, 2.24) is 9.80 Å². The van der Waals surface area contributed by atoms with Crippen molar-refractivity contribution in [3.8, 4) is 11.3 Å². The molecule has 0 amide bonds. The molecule has 0 bridgehead atoms. The average molecular weight is 328 g/mol. The molecular formula is C20H25FN2O. The minimum absolute atomic E-state index is 0.232. The maximum atomic E-state index is 13.9. The molecule has 0 spiro atoms. The fraction of sp³-hybridized carbons (Fsp3) is 0.500. The largest absolute Gasteiger partial charge is 0.460 e. The fourth-order valence-corrected chi connectivity index (χ4v) is 4.03. The van der Waals surface area contributed by atoms with E-state index in [4.69, 9.17) is 4.42 Å². The second kappa shape index (κ2) is 7.08. The van der Waals surface area contributed by atoms with Crippen molar-refractivity contribution in [1.29, 1.82) is 0 Å². The van der Waals surface area contributed by atoms with Crippen molar-refractivity contribution in [3.63, 3.8) is 0 Å². The van der Waals surface area contributed by atoms with E-state index in [2.05, 4.69) is 9.80 Å². The number of hydrogen-bond donors (Lipinski definition) is 0. The molecule has 0 N–H and O–H groups in total. The van der Waals surface area contributed by atoms with Crippen LogP contribution in [0.4, 0.5) is 4.39 Å². The lowest BCUT2D eigenvalue weighted by molar-refractivity contribution is 0.159. The van der Waals surface area contributed by atoms with Crippen LogP contribution in [0.25, 0.3) is 11.3 Å². The Hall–Kier alpha value is -1.65. The summed E-state index contributed by atoms with van der Waals surface area (Å²) < 4.78 is 19.8. The summed E-state index contributed by atoms with van der Waals surface area (Å²) in [4.78, 5) is 5.12. The summed E-state index contributed by atoms with van der Waals surface area (Å²) in [5, 5.41) is 0. The van der Waals surface area contributed by atoms with Gasteiger partial charge in [0.2, 0.25) is 0 Å². The van der Waals surface area contributed by atoms with Crippen molar-refractivity contribution in [2.75, 3.05) is 26.2 Å². The second-order valence-electron chi connectivity index (χ2n) is 7.02. The van der Waals surface area contributed by atoms with Crippen LogP contribution in [0.15, 0.2) is 40.8 Å². The summed E-state index contributed by atoms with van der Waals surface area (Å²) in [5.74, 6) is 1.31. The highest BCUT2D eigenvalue weighted by atomic mass is 19.1. The highest BCUT2D eigenvalue weighted by molar-refractivity contribution is 5.58. The molecule has 3 nitrogen and oxygen atoms in total. The van der Waals surface area contributed by atoms with Gasteiger partial charge in [-0.05, 0) is 56.6 Å². The summed E-state index contributed by atoms with van der Waals surface area (Å²) in [6.45, 7) is 5.58. The lowest BCUT2D eigenvalue weighted by Gasteiger charge is -2.32. The average Bonchev–Trinajstić information content (AvgIpc) is 3.26. The van der Waals surface area contributed by atoms with Crippen LogP contribution < -0.4 is 0 Å². The lowest BCUT2D eigenvalue weighted by atomic mass is 10.1. The first-order chi connectivity index (χ1) is 11.8. The topological polar surface area (TPSA) is 19.6 Å². The third-order valence-corrected chi connectivity index (χ3v) is 5.33. The first-order valence-electron chi connectivity index (χ1n) is 9.09. The van der Waals surface area contributed by atoms with Crippen LogP contribution in [0.1, 0.15) is 31.4 Å². The molecule has 1 aromatic heterocycles. The van der Waals surface area contributed by atoms with Crippen LogP contribution in [0.3, 0.4) is 0 Å². The predicted molar refractivity (Wildman–Crippen MR) is 93.2 cm³/mol. The number of likely N-dealkylation sites (tertiary alicyclic amines) is 2. The first-order valence-corrected chi connectivity index (χ1v) is 9.09.